The van der Waals surface area contributed by atoms with Gasteiger partial charge >= 0.3 is 5.97 Å². The second kappa shape index (κ2) is 6.88. The molecule has 0 spiro atoms. The highest BCUT2D eigenvalue weighted by atomic mass is 35.5. The Bertz CT molecular complexity index is 669. The normalized spacial score (nSPS) is 15.5. The molecule has 22 heavy (non-hydrogen) atoms. The largest absolute Gasteiger partial charge is 0.458 e. The van der Waals surface area contributed by atoms with Crippen LogP contribution in [0.3, 0.4) is 0 Å². The highest BCUT2D eigenvalue weighted by Gasteiger charge is 2.20. The number of esters is 1. The van der Waals surface area contributed by atoms with Crippen molar-refractivity contribution >= 4 is 17.6 Å². The average molecular weight is 317 g/mol. The number of halogens is 1. The lowest BCUT2D eigenvalue weighted by molar-refractivity contribution is 0.0204. The summed E-state index contributed by atoms with van der Waals surface area (Å²) in [6.07, 6.45) is 6.75. The zero-order valence-electron chi connectivity index (χ0n) is 12.2. The third-order valence-corrected chi connectivity index (χ3v) is 4.06. The summed E-state index contributed by atoms with van der Waals surface area (Å²) in [4.78, 5) is 20.5. The summed E-state index contributed by atoms with van der Waals surface area (Å²) in [5, 5.41) is 0.627. The molecule has 1 saturated carbocycles. The van der Waals surface area contributed by atoms with E-state index >= 15 is 0 Å². The lowest BCUT2D eigenvalue weighted by Crippen LogP contribution is -2.21. The van der Waals surface area contributed by atoms with Gasteiger partial charge in [-0.3, -0.25) is 0 Å². The number of ether oxygens (including phenoxy) is 1. The summed E-state index contributed by atoms with van der Waals surface area (Å²) in [7, 11) is 0. The Morgan fingerprint density at radius 3 is 2.73 bits per heavy atom. The van der Waals surface area contributed by atoms with Gasteiger partial charge in [-0.2, -0.15) is 0 Å². The van der Waals surface area contributed by atoms with E-state index in [2.05, 4.69) is 9.97 Å². The van der Waals surface area contributed by atoms with E-state index < -0.39 is 0 Å². The first kappa shape index (κ1) is 15.0. The van der Waals surface area contributed by atoms with E-state index in [1.165, 1.54) is 12.7 Å². The maximum atomic E-state index is 12.2. The average Bonchev–Trinajstić information content (AvgIpc) is 2.56. The van der Waals surface area contributed by atoms with Gasteiger partial charge in [-0.1, -0.05) is 30.2 Å². The zero-order chi connectivity index (χ0) is 15.4. The van der Waals surface area contributed by atoms with Crippen molar-refractivity contribution in [2.24, 2.45) is 0 Å². The first-order chi connectivity index (χ1) is 10.7. The first-order valence-corrected chi connectivity index (χ1v) is 7.89. The Kier molecular flexibility index (Phi) is 4.68. The predicted molar refractivity (Wildman–Crippen MR) is 84.8 cm³/mol. The topological polar surface area (TPSA) is 52.1 Å². The smallest absolute Gasteiger partial charge is 0.357 e. The number of benzene rings is 1. The third-order valence-electron chi connectivity index (χ3n) is 3.82. The molecule has 114 valence electrons. The highest BCUT2D eigenvalue weighted by Crippen LogP contribution is 2.23. The molecule has 1 aromatic heterocycles. The van der Waals surface area contributed by atoms with E-state index in [-0.39, 0.29) is 17.8 Å². The van der Waals surface area contributed by atoms with Crippen molar-refractivity contribution in [2.75, 3.05) is 0 Å². The third kappa shape index (κ3) is 3.63. The van der Waals surface area contributed by atoms with Gasteiger partial charge < -0.3 is 4.74 Å². The van der Waals surface area contributed by atoms with Crippen LogP contribution >= 0.6 is 11.6 Å². The predicted octanol–water partition coefficient (Wildman–Crippen LogP) is 4.29. The molecule has 0 saturated heterocycles. The van der Waals surface area contributed by atoms with Gasteiger partial charge in [0.25, 0.3) is 0 Å². The Morgan fingerprint density at radius 2 is 1.95 bits per heavy atom. The molecule has 0 radical (unpaired) electrons. The van der Waals surface area contributed by atoms with E-state index in [1.54, 1.807) is 18.2 Å². The van der Waals surface area contributed by atoms with Gasteiger partial charge in [-0.25, -0.2) is 14.8 Å². The van der Waals surface area contributed by atoms with Crippen molar-refractivity contribution in [2.45, 2.75) is 38.2 Å². The van der Waals surface area contributed by atoms with Crippen LogP contribution in [0.25, 0.3) is 11.3 Å². The van der Waals surface area contributed by atoms with Crippen LogP contribution in [0.1, 0.15) is 42.6 Å². The lowest BCUT2D eigenvalue weighted by atomic mass is 9.98. The molecular formula is C17H17ClN2O2. The van der Waals surface area contributed by atoms with E-state index in [1.807, 2.05) is 12.1 Å². The van der Waals surface area contributed by atoms with Crippen molar-refractivity contribution in [3.05, 3.63) is 47.4 Å². The minimum Gasteiger partial charge on any atom is -0.458 e. The number of nitrogens with zero attached hydrogens (tertiary/aromatic N) is 2. The van der Waals surface area contributed by atoms with Crippen LogP contribution in [-0.4, -0.2) is 22.0 Å². The van der Waals surface area contributed by atoms with Crippen LogP contribution < -0.4 is 0 Å². The minimum absolute atomic E-state index is 0.0193. The summed E-state index contributed by atoms with van der Waals surface area (Å²) in [6, 6.07) is 8.99. The van der Waals surface area contributed by atoms with Gasteiger partial charge in [0.2, 0.25) is 0 Å². The summed E-state index contributed by atoms with van der Waals surface area (Å²) in [6.45, 7) is 0. The van der Waals surface area contributed by atoms with E-state index in [4.69, 9.17) is 16.3 Å². The van der Waals surface area contributed by atoms with Crippen LogP contribution in [0.2, 0.25) is 5.02 Å². The quantitative estimate of drug-likeness (QED) is 0.793. The summed E-state index contributed by atoms with van der Waals surface area (Å²) in [5.41, 5.74) is 1.80. The molecule has 0 unspecified atom stereocenters. The number of aromatic nitrogens is 2. The fourth-order valence-corrected chi connectivity index (χ4v) is 2.86. The van der Waals surface area contributed by atoms with Crippen molar-refractivity contribution < 1.29 is 9.53 Å². The summed E-state index contributed by atoms with van der Waals surface area (Å²) in [5.74, 6) is -0.377. The molecule has 1 aliphatic carbocycles. The van der Waals surface area contributed by atoms with Gasteiger partial charge in [0.1, 0.15) is 12.4 Å². The standard InChI is InChI=1S/C17H17ClN2O2/c18-13-6-4-5-12(9-13)15-10-16(20-11-19-15)17(21)22-14-7-2-1-3-8-14/h4-6,9-11,14H,1-3,7-8H2. The SMILES string of the molecule is O=C(OC1CCCCC1)c1cc(-c2cccc(Cl)c2)ncn1. The number of rotatable bonds is 3. The van der Waals surface area contributed by atoms with Gasteiger partial charge in [0, 0.05) is 10.6 Å². The molecule has 1 fully saturated rings. The van der Waals surface area contributed by atoms with Gasteiger partial charge in [-0.15, -0.1) is 0 Å². The Morgan fingerprint density at radius 1 is 1.14 bits per heavy atom. The molecule has 1 aromatic carbocycles. The van der Waals surface area contributed by atoms with Crippen LogP contribution in [0.5, 0.6) is 0 Å². The van der Waals surface area contributed by atoms with Crippen LogP contribution in [0.15, 0.2) is 36.7 Å². The highest BCUT2D eigenvalue weighted by molar-refractivity contribution is 6.30. The molecule has 5 heteroatoms. The lowest BCUT2D eigenvalue weighted by Gasteiger charge is -2.21. The van der Waals surface area contributed by atoms with Crippen molar-refractivity contribution in [3.8, 4) is 11.3 Å². The molecule has 0 atom stereocenters. The van der Waals surface area contributed by atoms with E-state index in [9.17, 15) is 4.79 Å². The molecular weight excluding hydrogens is 300 g/mol. The number of hydrogen-bond donors (Lipinski definition) is 0. The van der Waals surface area contributed by atoms with E-state index in [0.717, 1.165) is 31.2 Å². The molecule has 1 aliphatic rings. The Balaban J connectivity index is 1.77. The monoisotopic (exact) mass is 316 g/mol. The second-order valence-corrected chi connectivity index (χ2v) is 5.90. The second-order valence-electron chi connectivity index (χ2n) is 5.46. The van der Waals surface area contributed by atoms with Crippen LogP contribution in [0, 0.1) is 0 Å². The number of hydrogen-bond acceptors (Lipinski definition) is 4. The van der Waals surface area contributed by atoms with Gasteiger partial charge in [-0.05, 0) is 43.9 Å². The molecule has 2 aromatic rings. The molecule has 0 aliphatic heterocycles. The molecule has 0 amide bonds. The first-order valence-electron chi connectivity index (χ1n) is 7.51. The minimum atomic E-state index is -0.377. The molecule has 0 N–H and O–H groups in total. The van der Waals surface area contributed by atoms with Crippen molar-refractivity contribution in [1.82, 2.24) is 9.97 Å². The Labute approximate surface area is 134 Å². The van der Waals surface area contributed by atoms with E-state index in [0.29, 0.717) is 10.7 Å². The molecule has 4 nitrogen and oxygen atoms in total. The maximum absolute atomic E-state index is 12.2. The number of carbonyl (C=O) groups is 1. The maximum Gasteiger partial charge on any atom is 0.357 e. The molecule has 0 bridgehead atoms. The van der Waals surface area contributed by atoms with Crippen molar-refractivity contribution in [3.63, 3.8) is 0 Å². The van der Waals surface area contributed by atoms with Crippen LogP contribution in [0.4, 0.5) is 0 Å². The Hall–Kier alpha value is -1.94. The fourth-order valence-electron chi connectivity index (χ4n) is 2.67. The van der Waals surface area contributed by atoms with Gasteiger partial charge in [0.05, 0.1) is 5.69 Å². The van der Waals surface area contributed by atoms with Gasteiger partial charge in [0.15, 0.2) is 5.69 Å². The summed E-state index contributed by atoms with van der Waals surface area (Å²) < 4.78 is 5.54. The summed E-state index contributed by atoms with van der Waals surface area (Å²) >= 11 is 5.99. The number of carbonyl (C=O) groups excluding carboxylic acids is 1. The van der Waals surface area contributed by atoms with Crippen LogP contribution in [-0.2, 0) is 4.74 Å². The van der Waals surface area contributed by atoms with Crippen molar-refractivity contribution in [1.29, 1.82) is 0 Å². The molecule has 3 rings (SSSR count). The fraction of sp³-hybridized carbons (Fsp3) is 0.353. The molecule has 1 heterocycles. The zero-order valence-corrected chi connectivity index (χ0v) is 12.9.